The van der Waals surface area contributed by atoms with Crippen LogP contribution in [0.5, 0.6) is 0 Å². The highest BCUT2D eigenvalue weighted by Gasteiger charge is 2.44. The topological polar surface area (TPSA) is 47.3 Å². The van der Waals surface area contributed by atoms with Crippen LogP contribution in [0.3, 0.4) is 0 Å². The van der Waals surface area contributed by atoms with Crippen LogP contribution in [0, 0.1) is 12.8 Å². The second-order valence-electron chi connectivity index (χ2n) is 6.11. The van der Waals surface area contributed by atoms with Crippen LogP contribution in [0.2, 0.25) is 0 Å². The minimum Gasteiger partial charge on any atom is -0.387 e. The maximum Gasteiger partial charge on any atom is 0.0986 e. The van der Waals surface area contributed by atoms with Crippen molar-refractivity contribution in [3.8, 4) is 0 Å². The molecule has 1 spiro atoms. The Kier molecular flexibility index (Phi) is 3.39. The minimum atomic E-state index is -0.400. The Morgan fingerprint density at radius 3 is 3.00 bits per heavy atom. The molecule has 0 amide bonds. The second kappa shape index (κ2) is 4.91. The van der Waals surface area contributed by atoms with Gasteiger partial charge in [-0.1, -0.05) is 0 Å². The van der Waals surface area contributed by atoms with Crippen LogP contribution >= 0.6 is 0 Å². The smallest absolute Gasteiger partial charge is 0.0986 e. The largest absolute Gasteiger partial charge is 0.387 e. The average molecular weight is 264 g/mol. The lowest BCUT2D eigenvalue weighted by Crippen LogP contribution is -2.46. The predicted octanol–water partition coefficient (Wildman–Crippen LogP) is 2.59. The highest BCUT2D eigenvalue weighted by Crippen LogP contribution is 2.47. The van der Waals surface area contributed by atoms with E-state index in [1.165, 1.54) is 19.3 Å². The van der Waals surface area contributed by atoms with E-state index in [-0.39, 0.29) is 5.60 Å². The fourth-order valence-electron chi connectivity index (χ4n) is 3.55. The van der Waals surface area contributed by atoms with E-state index < -0.39 is 6.10 Å². The molecular formula is C15H24N2O2. The SMILES string of the molecule is CCn1nc(C)cc1C(O)C1CCOC2(CCC2)C1. The number of nitrogens with zero attached hydrogens (tertiary/aromatic N) is 2. The fourth-order valence-corrected chi connectivity index (χ4v) is 3.55. The van der Waals surface area contributed by atoms with Gasteiger partial charge in [0.15, 0.2) is 0 Å². The van der Waals surface area contributed by atoms with Crippen molar-refractivity contribution in [3.63, 3.8) is 0 Å². The van der Waals surface area contributed by atoms with E-state index in [0.29, 0.717) is 5.92 Å². The molecule has 1 aromatic heterocycles. The van der Waals surface area contributed by atoms with Crippen LogP contribution in [-0.4, -0.2) is 27.1 Å². The van der Waals surface area contributed by atoms with Crippen molar-refractivity contribution >= 4 is 0 Å². The van der Waals surface area contributed by atoms with Crippen LogP contribution in [0.1, 0.15) is 56.5 Å². The molecule has 4 heteroatoms. The maximum atomic E-state index is 10.7. The summed E-state index contributed by atoms with van der Waals surface area (Å²) in [6.07, 6.45) is 5.17. The summed E-state index contributed by atoms with van der Waals surface area (Å²) >= 11 is 0. The van der Waals surface area contributed by atoms with E-state index in [2.05, 4.69) is 12.0 Å². The summed E-state index contributed by atoms with van der Waals surface area (Å²) in [4.78, 5) is 0. The first-order valence-electron chi connectivity index (χ1n) is 7.50. The molecule has 2 fully saturated rings. The van der Waals surface area contributed by atoms with Crippen molar-refractivity contribution in [1.29, 1.82) is 0 Å². The first kappa shape index (κ1) is 13.1. The first-order chi connectivity index (χ1) is 9.13. The molecule has 1 aromatic rings. The van der Waals surface area contributed by atoms with Gasteiger partial charge in [-0.2, -0.15) is 5.10 Å². The molecule has 0 bridgehead atoms. The first-order valence-corrected chi connectivity index (χ1v) is 7.50. The van der Waals surface area contributed by atoms with Gasteiger partial charge in [-0.25, -0.2) is 0 Å². The van der Waals surface area contributed by atoms with Crippen molar-refractivity contribution < 1.29 is 9.84 Å². The van der Waals surface area contributed by atoms with E-state index in [1.807, 2.05) is 17.7 Å². The summed E-state index contributed by atoms with van der Waals surface area (Å²) in [6.45, 7) is 5.66. The Hall–Kier alpha value is -0.870. The van der Waals surface area contributed by atoms with Crippen molar-refractivity contribution in [3.05, 3.63) is 17.5 Å². The van der Waals surface area contributed by atoms with Gasteiger partial charge >= 0.3 is 0 Å². The number of hydrogen-bond donors (Lipinski definition) is 1. The molecule has 0 aromatic carbocycles. The lowest BCUT2D eigenvalue weighted by Gasteiger charge is -2.48. The molecule has 3 rings (SSSR count). The van der Waals surface area contributed by atoms with Gasteiger partial charge < -0.3 is 9.84 Å². The minimum absolute atomic E-state index is 0.0933. The predicted molar refractivity (Wildman–Crippen MR) is 72.9 cm³/mol. The molecule has 0 radical (unpaired) electrons. The molecule has 1 aliphatic carbocycles. The summed E-state index contributed by atoms with van der Waals surface area (Å²) in [6, 6.07) is 2.02. The molecule has 2 aliphatic rings. The van der Waals surface area contributed by atoms with Crippen LogP contribution in [0.25, 0.3) is 0 Å². The molecule has 4 nitrogen and oxygen atoms in total. The van der Waals surface area contributed by atoms with Gasteiger partial charge in [0, 0.05) is 13.2 Å². The van der Waals surface area contributed by atoms with E-state index >= 15 is 0 Å². The quantitative estimate of drug-likeness (QED) is 0.913. The van der Waals surface area contributed by atoms with Crippen molar-refractivity contribution in [2.45, 2.75) is 64.2 Å². The Morgan fingerprint density at radius 1 is 1.58 bits per heavy atom. The highest BCUT2D eigenvalue weighted by molar-refractivity contribution is 5.13. The zero-order valence-electron chi connectivity index (χ0n) is 11.9. The molecule has 19 heavy (non-hydrogen) atoms. The molecule has 2 unspecified atom stereocenters. The summed E-state index contributed by atoms with van der Waals surface area (Å²) in [5, 5.41) is 15.1. The number of aryl methyl sites for hydroxylation is 2. The Morgan fingerprint density at radius 2 is 2.37 bits per heavy atom. The van der Waals surface area contributed by atoms with E-state index in [0.717, 1.165) is 37.4 Å². The van der Waals surface area contributed by atoms with E-state index in [1.54, 1.807) is 0 Å². The summed E-state index contributed by atoms with van der Waals surface area (Å²) < 4.78 is 7.88. The van der Waals surface area contributed by atoms with Crippen LogP contribution in [0.4, 0.5) is 0 Å². The Balaban J connectivity index is 1.77. The van der Waals surface area contributed by atoms with Crippen LogP contribution < -0.4 is 0 Å². The summed E-state index contributed by atoms with van der Waals surface area (Å²) in [7, 11) is 0. The molecule has 1 N–H and O–H groups in total. The highest BCUT2D eigenvalue weighted by atomic mass is 16.5. The molecule has 106 valence electrons. The number of aliphatic hydroxyl groups excluding tert-OH is 1. The molecule has 2 atom stereocenters. The zero-order chi connectivity index (χ0) is 13.5. The maximum absolute atomic E-state index is 10.7. The lowest BCUT2D eigenvalue weighted by molar-refractivity contribution is -0.157. The van der Waals surface area contributed by atoms with Gasteiger partial charge in [0.05, 0.1) is 23.1 Å². The molecule has 2 heterocycles. The third-order valence-corrected chi connectivity index (χ3v) is 4.78. The lowest BCUT2D eigenvalue weighted by atomic mass is 9.70. The van der Waals surface area contributed by atoms with Gasteiger partial charge in [-0.05, 0) is 57.9 Å². The summed E-state index contributed by atoms with van der Waals surface area (Å²) in [5.41, 5.74) is 2.05. The van der Waals surface area contributed by atoms with Gasteiger partial charge in [-0.15, -0.1) is 0 Å². The Bertz CT molecular complexity index is 451. The molecule has 1 aliphatic heterocycles. The fraction of sp³-hybridized carbons (Fsp3) is 0.800. The molecule has 1 saturated heterocycles. The number of aliphatic hydroxyl groups is 1. The summed E-state index contributed by atoms with van der Waals surface area (Å²) in [5.74, 6) is 0.315. The zero-order valence-corrected chi connectivity index (χ0v) is 11.9. The van der Waals surface area contributed by atoms with E-state index in [9.17, 15) is 5.11 Å². The van der Waals surface area contributed by atoms with Crippen LogP contribution in [-0.2, 0) is 11.3 Å². The standard InChI is InChI=1S/C15H24N2O2/c1-3-17-13(9-11(2)16-17)14(18)12-5-8-19-15(10-12)6-4-7-15/h9,12,14,18H,3-8,10H2,1-2H3. The van der Waals surface area contributed by atoms with Gasteiger partial charge in [0.2, 0.25) is 0 Å². The number of hydrogen-bond acceptors (Lipinski definition) is 3. The van der Waals surface area contributed by atoms with Crippen molar-refractivity contribution in [1.82, 2.24) is 9.78 Å². The molecule has 1 saturated carbocycles. The number of aromatic nitrogens is 2. The van der Waals surface area contributed by atoms with Crippen LogP contribution in [0.15, 0.2) is 6.07 Å². The second-order valence-corrected chi connectivity index (χ2v) is 6.11. The third kappa shape index (κ3) is 2.32. The van der Waals surface area contributed by atoms with Crippen molar-refractivity contribution in [2.75, 3.05) is 6.61 Å². The average Bonchev–Trinajstić information content (AvgIpc) is 2.77. The number of rotatable bonds is 3. The van der Waals surface area contributed by atoms with Gasteiger partial charge in [-0.3, -0.25) is 4.68 Å². The third-order valence-electron chi connectivity index (χ3n) is 4.78. The van der Waals surface area contributed by atoms with Gasteiger partial charge in [0.1, 0.15) is 0 Å². The normalized spacial score (nSPS) is 27.2. The number of ether oxygens (including phenoxy) is 1. The monoisotopic (exact) mass is 264 g/mol. The molecular weight excluding hydrogens is 240 g/mol. The van der Waals surface area contributed by atoms with Crippen molar-refractivity contribution in [2.24, 2.45) is 5.92 Å². The van der Waals surface area contributed by atoms with E-state index in [4.69, 9.17) is 4.74 Å². The van der Waals surface area contributed by atoms with Gasteiger partial charge in [0.25, 0.3) is 0 Å². The Labute approximate surface area is 114 Å².